The summed E-state index contributed by atoms with van der Waals surface area (Å²) in [4.78, 5) is 16.7. The summed E-state index contributed by atoms with van der Waals surface area (Å²) < 4.78 is 5.30. The van der Waals surface area contributed by atoms with Gasteiger partial charge in [-0.15, -0.1) is 0 Å². The van der Waals surface area contributed by atoms with E-state index in [0.29, 0.717) is 42.9 Å². The predicted octanol–water partition coefficient (Wildman–Crippen LogP) is 3.04. The van der Waals surface area contributed by atoms with Crippen molar-refractivity contribution in [1.82, 2.24) is 15.5 Å². The molecule has 6 heteroatoms. The molecule has 2 aromatic rings. The van der Waals surface area contributed by atoms with Crippen LogP contribution in [0.1, 0.15) is 57.4 Å². The number of amides is 1. The first-order chi connectivity index (χ1) is 12.4. The number of benzene rings is 1. The first-order valence-electron chi connectivity index (χ1n) is 9.35. The second-order valence-electron chi connectivity index (χ2n) is 7.73. The minimum absolute atomic E-state index is 0.0223. The lowest BCUT2D eigenvalue weighted by atomic mass is 9.95. The van der Waals surface area contributed by atoms with Gasteiger partial charge in [-0.3, -0.25) is 4.79 Å². The van der Waals surface area contributed by atoms with Gasteiger partial charge in [-0.1, -0.05) is 43.3 Å². The van der Waals surface area contributed by atoms with Gasteiger partial charge in [0.25, 0.3) is 0 Å². The van der Waals surface area contributed by atoms with Crippen molar-refractivity contribution in [2.45, 2.75) is 57.9 Å². The summed E-state index contributed by atoms with van der Waals surface area (Å²) in [5, 5.41) is 7.11. The third kappa shape index (κ3) is 4.30. The standard InChI is InChI=1S/C20H28N4O2/c1-13(2)14-4-6-15(7-5-14)19-22-18(26-24-19)11-10-17(25)23-20(3,12-21)16-8-9-16/h4-7,13,16H,8-12,21H2,1-3H3,(H,23,25). The van der Waals surface area contributed by atoms with Crippen molar-refractivity contribution in [2.24, 2.45) is 11.7 Å². The zero-order chi connectivity index (χ0) is 18.7. The third-order valence-corrected chi connectivity index (χ3v) is 5.20. The number of aromatic nitrogens is 2. The van der Waals surface area contributed by atoms with Gasteiger partial charge < -0.3 is 15.6 Å². The second-order valence-corrected chi connectivity index (χ2v) is 7.73. The number of nitrogens with zero attached hydrogens (tertiary/aromatic N) is 2. The number of carbonyl (C=O) groups excluding carboxylic acids is 1. The van der Waals surface area contributed by atoms with E-state index in [1.165, 1.54) is 5.56 Å². The maximum atomic E-state index is 12.2. The van der Waals surface area contributed by atoms with Gasteiger partial charge in [0, 0.05) is 24.9 Å². The SMILES string of the molecule is CC(C)c1ccc(-c2noc(CCC(=O)NC(C)(CN)C3CC3)n2)cc1. The summed E-state index contributed by atoms with van der Waals surface area (Å²) in [5.74, 6) is 1.99. The molecular formula is C20H28N4O2. The van der Waals surface area contributed by atoms with Gasteiger partial charge in [-0.05, 0) is 37.2 Å². The van der Waals surface area contributed by atoms with Crippen LogP contribution in [0.15, 0.2) is 28.8 Å². The molecule has 26 heavy (non-hydrogen) atoms. The minimum Gasteiger partial charge on any atom is -0.349 e. The number of nitrogens with one attached hydrogen (secondary N) is 1. The molecule has 3 rings (SSSR count). The van der Waals surface area contributed by atoms with E-state index in [1.807, 2.05) is 19.1 Å². The van der Waals surface area contributed by atoms with E-state index in [0.717, 1.165) is 18.4 Å². The number of hydrogen-bond acceptors (Lipinski definition) is 5. The van der Waals surface area contributed by atoms with E-state index in [1.54, 1.807) is 0 Å². The van der Waals surface area contributed by atoms with Crippen LogP contribution < -0.4 is 11.1 Å². The van der Waals surface area contributed by atoms with Crippen LogP contribution in [0.4, 0.5) is 0 Å². The summed E-state index contributed by atoms with van der Waals surface area (Å²) in [6, 6.07) is 8.15. The third-order valence-electron chi connectivity index (χ3n) is 5.20. The molecule has 0 spiro atoms. The highest BCUT2D eigenvalue weighted by atomic mass is 16.5. The molecule has 140 valence electrons. The normalized spacial score (nSPS) is 16.5. The molecular weight excluding hydrogens is 328 g/mol. The van der Waals surface area contributed by atoms with Crippen LogP contribution in [0, 0.1) is 5.92 Å². The zero-order valence-electron chi connectivity index (χ0n) is 15.8. The van der Waals surface area contributed by atoms with Crippen LogP contribution in [0.25, 0.3) is 11.4 Å². The number of carbonyl (C=O) groups is 1. The van der Waals surface area contributed by atoms with E-state index >= 15 is 0 Å². The zero-order valence-corrected chi connectivity index (χ0v) is 15.8. The highest BCUT2D eigenvalue weighted by Gasteiger charge is 2.41. The molecule has 0 saturated heterocycles. The topological polar surface area (TPSA) is 94.0 Å². The Kier molecular flexibility index (Phi) is 5.41. The second kappa shape index (κ2) is 7.58. The Balaban J connectivity index is 1.55. The Bertz CT molecular complexity index is 749. The van der Waals surface area contributed by atoms with E-state index in [2.05, 4.69) is 41.4 Å². The molecule has 1 aromatic carbocycles. The average molecular weight is 356 g/mol. The molecule has 1 amide bonds. The van der Waals surface area contributed by atoms with Gasteiger partial charge in [0.2, 0.25) is 17.6 Å². The van der Waals surface area contributed by atoms with Gasteiger partial charge in [0.05, 0.1) is 5.54 Å². The monoisotopic (exact) mass is 356 g/mol. The quantitative estimate of drug-likeness (QED) is 0.758. The molecule has 0 radical (unpaired) electrons. The predicted molar refractivity (Wildman–Crippen MR) is 100 cm³/mol. The maximum absolute atomic E-state index is 12.2. The lowest BCUT2D eigenvalue weighted by Crippen LogP contribution is -2.53. The number of rotatable bonds is 8. The lowest BCUT2D eigenvalue weighted by Gasteiger charge is -2.29. The van der Waals surface area contributed by atoms with Gasteiger partial charge >= 0.3 is 0 Å². The van der Waals surface area contributed by atoms with Crippen LogP contribution in [-0.2, 0) is 11.2 Å². The number of hydrogen-bond donors (Lipinski definition) is 2. The van der Waals surface area contributed by atoms with Gasteiger partial charge in [-0.2, -0.15) is 4.98 Å². The molecule has 1 aliphatic rings. The minimum atomic E-state index is -0.296. The van der Waals surface area contributed by atoms with Gasteiger partial charge in [-0.25, -0.2) is 0 Å². The van der Waals surface area contributed by atoms with Crippen molar-refractivity contribution < 1.29 is 9.32 Å². The van der Waals surface area contributed by atoms with Crippen molar-refractivity contribution >= 4 is 5.91 Å². The van der Waals surface area contributed by atoms with E-state index in [9.17, 15) is 4.79 Å². The molecule has 1 atom stereocenters. The Hall–Kier alpha value is -2.21. The van der Waals surface area contributed by atoms with Crippen LogP contribution in [0.3, 0.4) is 0 Å². The summed E-state index contributed by atoms with van der Waals surface area (Å²) >= 11 is 0. The molecule has 1 aromatic heterocycles. The van der Waals surface area contributed by atoms with Crippen LogP contribution in [-0.4, -0.2) is 28.1 Å². The molecule has 1 aliphatic carbocycles. The van der Waals surface area contributed by atoms with Crippen molar-refractivity contribution in [2.75, 3.05) is 6.54 Å². The summed E-state index contributed by atoms with van der Waals surface area (Å²) in [7, 11) is 0. The largest absolute Gasteiger partial charge is 0.349 e. The molecule has 3 N–H and O–H groups in total. The van der Waals surface area contributed by atoms with Crippen molar-refractivity contribution in [1.29, 1.82) is 0 Å². The van der Waals surface area contributed by atoms with Crippen LogP contribution >= 0.6 is 0 Å². The van der Waals surface area contributed by atoms with Crippen LogP contribution in [0.2, 0.25) is 0 Å². The fourth-order valence-corrected chi connectivity index (χ4v) is 3.13. The van der Waals surface area contributed by atoms with E-state index in [4.69, 9.17) is 10.3 Å². The first-order valence-corrected chi connectivity index (χ1v) is 9.35. The lowest BCUT2D eigenvalue weighted by molar-refractivity contribution is -0.123. The van der Waals surface area contributed by atoms with Crippen LogP contribution in [0.5, 0.6) is 0 Å². The smallest absolute Gasteiger partial charge is 0.227 e. The molecule has 0 aliphatic heterocycles. The number of nitrogens with two attached hydrogens (primary N) is 1. The van der Waals surface area contributed by atoms with Crippen molar-refractivity contribution in [3.8, 4) is 11.4 Å². The maximum Gasteiger partial charge on any atom is 0.227 e. The van der Waals surface area contributed by atoms with E-state index < -0.39 is 0 Å². The highest BCUT2D eigenvalue weighted by molar-refractivity contribution is 5.77. The Labute approximate surface area is 154 Å². The summed E-state index contributed by atoms with van der Waals surface area (Å²) in [6.07, 6.45) is 3.01. The fraction of sp³-hybridized carbons (Fsp3) is 0.550. The van der Waals surface area contributed by atoms with Gasteiger partial charge in [0.1, 0.15) is 0 Å². The fourth-order valence-electron chi connectivity index (χ4n) is 3.13. The van der Waals surface area contributed by atoms with Crippen molar-refractivity contribution in [3.63, 3.8) is 0 Å². The van der Waals surface area contributed by atoms with Gasteiger partial charge in [0.15, 0.2) is 0 Å². The average Bonchev–Trinajstić information content (AvgIpc) is 3.39. The molecule has 6 nitrogen and oxygen atoms in total. The molecule has 1 fully saturated rings. The number of aryl methyl sites for hydroxylation is 1. The molecule has 0 bridgehead atoms. The van der Waals surface area contributed by atoms with E-state index in [-0.39, 0.29) is 11.4 Å². The highest BCUT2D eigenvalue weighted by Crippen LogP contribution is 2.39. The molecule has 1 heterocycles. The molecule has 1 unspecified atom stereocenters. The molecule has 1 saturated carbocycles. The Morgan fingerprint density at radius 2 is 2.04 bits per heavy atom. The Morgan fingerprint density at radius 3 is 2.62 bits per heavy atom. The summed E-state index contributed by atoms with van der Waals surface area (Å²) in [6.45, 7) is 6.80. The first kappa shape index (κ1) is 18.6. The van der Waals surface area contributed by atoms with Crippen molar-refractivity contribution in [3.05, 3.63) is 35.7 Å². The Morgan fingerprint density at radius 1 is 1.35 bits per heavy atom. The summed E-state index contributed by atoms with van der Waals surface area (Å²) in [5.41, 5.74) is 7.73.